The third-order valence-electron chi connectivity index (χ3n) is 1.39. The standard InChI is InChI=1S/C8H7F3O2S/c1-14(12)7-4-2-6(3-5-7)13-8(9,10)11/h2-5H,1H3/t14-/m0/s1. The van der Waals surface area contributed by atoms with Crippen LogP contribution >= 0.6 is 0 Å². The van der Waals surface area contributed by atoms with Crippen molar-refractivity contribution in [3.05, 3.63) is 24.3 Å². The molecule has 0 aliphatic rings. The Labute approximate surface area is 81.1 Å². The first-order chi connectivity index (χ1) is 6.38. The number of rotatable bonds is 2. The van der Waals surface area contributed by atoms with Gasteiger partial charge in [-0.25, -0.2) is 0 Å². The Bertz CT molecular complexity index is 331. The lowest BCUT2D eigenvalue weighted by Gasteiger charge is -2.08. The maximum absolute atomic E-state index is 11.7. The van der Waals surface area contributed by atoms with Gasteiger partial charge in [0.25, 0.3) is 0 Å². The first-order valence-corrected chi connectivity index (χ1v) is 5.13. The number of hydrogen-bond acceptors (Lipinski definition) is 2. The lowest BCUT2D eigenvalue weighted by Crippen LogP contribution is -2.17. The molecule has 0 heterocycles. The summed E-state index contributed by atoms with van der Waals surface area (Å²) in [6, 6.07) is 4.92. The molecule has 2 nitrogen and oxygen atoms in total. The summed E-state index contributed by atoms with van der Waals surface area (Å²) in [6.45, 7) is 0. The van der Waals surface area contributed by atoms with E-state index in [1.165, 1.54) is 18.4 Å². The van der Waals surface area contributed by atoms with Crippen molar-refractivity contribution in [1.29, 1.82) is 0 Å². The number of hydrogen-bond donors (Lipinski definition) is 0. The monoisotopic (exact) mass is 224 g/mol. The van der Waals surface area contributed by atoms with Crippen molar-refractivity contribution in [2.24, 2.45) is 0 Å². The van der Waals surface area contributed by atoms with Crippen molar-refractivity contribution >= 4 is 10.8 Å². The Hall–Kier alpha value is -1.04. The molecule has 0 fully saturated rings. The van der Waals surface area contributed by atoms with E-state index in [9.17, 15) is 17.4 Å². The summed E-state index contributed by atoms with van der Waals surface area (Å²) >= 11 is 0. The fourth-order valence-corrected chi connectivity index (χ4v) is 1.35. The van der Waals surface area contributed by atoms with Crippen LogP contribution in [0.15, 0.2) is 29.2 Å². The van der Waals surface area contributed by atoms with Crippen molar-refractivity contribution in [3.8, 4) is 5.75 Å². The fourth-order valence-electron chi connectivity index (χ4n) is 0.833. The molecule has 0 unspecified atom stereocenters. The molecule has 0 bridgehead atoms. The van der Waals surface area contributed by atoms with Gasteiger partial charge in [0.2, 0.25) is 0 Å². The molecular formula is C8H7F3O2S. The maximum atomic E-state index is 11.7. The third-order valence-corrected chi connectivity index (χ3v) is 2.33. The smallest absolute Gasteiger partial charge is 0.406 e. The highest BCUT2D eigenvalue weighted by molar-refractivity contribution is 7.84. The van der Waals surface area contributed by atoms with Gasteiger partial charge in [-0.05, 0) is 24.3 Å². The zero-order valence-corrected chi connectivity index (χ0v) is 7.98. The van der Waals surface area contributed by atoms with Crippen LogP contribution in [0.3, 0.4) is 0 Å². The van der Waals surface area contributed by atoms with E-state index in [-0.39, 0.29) is 5.75 Å². The molecule has 0 aromatic heterocycles. The predicted molar refractivity (Wildman–Crippen MR) is 45.5 cm³/mol. The summed E-state index contributed by atoms with van der Waals surface area (Å²) in [7, 11) is -1.20. The molecule has 0 N–H and O–H groups in total. The number of ether oxygens (including phenoxy) is 1. The summed E-state index contributed by atoms with van der Waals surface area (Å²) in [5.41, 5.74) is 0. The van der Waals surface area contributed by atoms with Crippen LogP contribution in [-0.2, 0) is 10.8 Å². The SMILES string of the molecule is C[S@](=O)c1ccc(OC(F)(F)F)cc1. The summed E-state index contributed by atoms with van der Waals surface area (Å²) in [6.07, 6.45) is -3.24. The van der Waals surface area contributed by atoms with Crippen LogP contribution < -0.4 is 4.74 Å². The van der Waals surface area contributed by atoms with Crippen molar-refractivity contribution in [1.82, 2.24) is 0 Å². The Morgan fingerprint density at radius 2 is 1.71 bits per heavy atom. The topological polar surface area (TPSA) is 26.3 Å². The Morgan fingerprint density at radius 1 is 1.21 bits per heavy atom. The summed E-state index contributed by atoms with van der Waals surface area (Å²) < 4.78 is 49.7. The number of alkyl halides is 3. The molecule has 78 valence electrons. The normalized spacial score (nSPS) is 13.7. The minimum atomic E-state index is -4.69. The average Bonchev–Trinajstić information content (AvgIpc) is 2.02. The predicted octanol–water partition coefficient (Wildman–Crippen LogP) is 2.32. The summed E-state index contributed by atoms with van der Waals surface area (Å²) in [4.78, 5) is 0.458. The summed E-state index contributed by atoms with van der Waals surface area (Å²) in [5, 5.41) is 0. The highest BCUT2D eigenvalue weighted by atomic mass is 32.2. The molecule has 6 heteroatoms. The first-order valence-electron chi connectivity index (χ1n) is 3.58. The van der Waals surface area contributed by atoms with E-state index in [2.05, 4.69) is 4.74 Å². The maximum Gasteiger partial charge on any atom is 0.573 e. The molecular weight excluding hydrogens is 217 g/mol. The number of halogens is 3. The van der Waals surface area contributed by atoms with Crippen molar-refractivity contribution in [2.45, 2.75) is 11.3 Å². The molecule has 0 spiro atoms. The lowest BCUT2D eigenvalue weighted by atomic mass is 10.3. The van der Waals surface area contributed by atoms with E-state index in [1.807, 2.05) is 0 Å². The lowest BCUT2D eigenvalue weighted by molar-refractivity contribution is -0.274. The summed E-state index contributed by atoms with van der Waals surface area (Å²) in [5.74, 6) is -0.313. The van der Waals surface area contributed by atoms with Crippen molar-refractivity contribution < 1.29 is 22.1 Å². The van der Waals surface area contributed by atoms with Crippen LogP contribution in [-0.4, -0.2) is 16.8 Å². The molecule has 0 saturated carbocycles. The van der Waals surface area contributed by atoms with E-state index < -0.39 is 17.2 Å². The zero-order chi connectivity index (χ0) is 10.8. The van der Waals surface area contributed by atoms with Gasteiger partial charge in [0.15, 0.2) is 0 Å². The molecule has 0 aliphatic heterocycles. The second kappa shape index (κ2) is 4.00. The minimum Gasteiger partial charge on any atom is -0.406 e. The van der Waals surface area contributed by atoms with Gasteiger partial charge in [0, 0.05) is 22.0 Å². The van der Waals surface area contributed by atoms with Gasteiger partial charge in [-0.2, -0.15) is 0 Å². The van der Waals surface area contributed by atoms with E-state index in [0.717, 1.165) is 12.1 Å². The second-order valence-corrected chi connectivity index (χ2v) is 3.85. The van der Waals surface area contributed by atoms with Crippen LogP contribution in [0.5, 0.6) is 5.75 Å². The van der Waals surface area contributed by atoms with Gasteiger partial charge < -0.3 is 4.74 Å². The van der Waals surface area contributed by atoms with Crippen LogP contribution in [0.1, 0.15) is 0 Å². The van der Waals surface area contributed by atoms with Crippen LogP contribution in [0.4, 0.5) is 13.2 Å². The van der Waals surface area contributed by atoms with E-state index in [1.54, 1.807) is 0 Å². The average molecular weight is 224 g/mol. The number of benzene rings is 1. The minimum absolute atomic E-state index is 0.313. The van der Waals surface area contributed by atoms with Gasteiger partial charge in [-0.3, -0.25) is 4.21 Å². The highest BCUT2D eigenvalue weighted by Gasteiger charge is 2.30. The third kappa shape index (κ3) is 3.37. The van der Waals surface area contributed by atoms with E-state index >= 15 is 0 Å². The molecule has 1 aromatic carbocycles. The van der Waals surface area contributed by atoms with Gasteiger partial charge >= 0.3 is 6.36 Å². The Morgan fingerprint density at radius 3 is 2.07 bits per heavy atom. The zero-order valence-electron chi connectivity index (χ0n) is 7.17. The largest absolute Gasteiger partial charge is 0.573 e. The van der Waals surface area contributed by atoms with Gasteiger partial charge in [0.1, 0.15) is 5.75 Å². The second-order valence-electron chi connectivity index (χ2n) is 2.47. The molecule has 0 aliphatic carbocycles. The van der Waals surface area contributed by atoms with Crippen LogP contribution in [0, 0.1) is 0 Å². The molecule has 1 rings (SSSR count). The van der Waals surface area contributed by atoms with Crippen molar-refractivity contribution in [3.63, 3.8) is 0 Å². The fraction of sp³-hybridized carbons (Fsp3) is 0.250. The first kappa shape index (κ1) is 11.0. The molecule has 1 atom stereocenters. The molecule has 0 saturated heterocycles. The van der Waals surface area contributed by atoms with Gasteiger partial charge in [-0.1, -0.05) is 0 Å². The van der Waals surface area contributed by atoms with Crippen LogP contribution in [0.2, 0.25) is 0 Å². The van der Waals surface area contributed by atoms with Crippen molar-refractivity contribution in [2.75, 3.05) is 6.26 Å². The molecule has 14 heavy (non-hydrogen) atoms. The Kier molecular flexibility index (Phi) is 3.15. The Balaban J connectivity index is 2.79. The van der Waals surface area contributed by atoms with Gasteiger partial charge in [-0.15, -0.1) is 13.2 Å². The van der Waals surface area contributed by atoms with E-state index in [4.69, 9.17) is 0 Å². The molecule has 0 radical (unpaired) electrons. The molecule has 0 amide bonds. The van der Waals surface area contributed by atoms with Gasteiger partial charge in [0.05, 0.1) is 0 Å². The van der Waals surface area contributed by atoms with Crippen LogP contribution in [0.25, 0.3) is 0 Å². The quantitative estimate of drug-likeness (QED) is 0.770. The molecule has 1 aromatic rings. The highest BCUT2D eigenvalue weighted by Crippen LogP contribution is 2.23. The van der Waals surface area contributed by atoms with E-state index in [0.29, 0.717) is 4.90 Å².